The zero-order chi connectivity index (χ0) is 16.5. The number of benzene rings is 1. The molecule has 1 aliphatic heterocycles. The molecule has 1 unspecified atom stereocenters. The Morgan fingerprint density at radius 2 is 2.17 bits per heavy atom. The molecule has 1 saturated carbocycles. The van der Waals surface area contributed by atoms with E-state index < -0.39 is 9.84 Å². The van der Waals surface area contributed by atoms with E-state index in [-0.39, 0.29) is 46.9 Å². The van der Waals surface area contributed by atoms with Gasteiger partial charge in [0.1, 0.15) is 0 Å². The van der Waals surface area contributed by atoms with Gasteiger partial charge in [-0.15, -0.1) is 24.0 Å². The Kier molecular flexibility index (Phi) is 6.41. The fourth-order valence-corrected chi connectivity index (χ4v) is 4.95. The van der Waals surface area contributed by atoms with E-state index >= 15 is 0 Å². The fraction of sp³-hybridized carbons (Fsp3) is 0.562. The van der Waals surface area contributed by atoms with Crippen LogP contribution in [0.1, 0.15) is 24.8 Å². The van der Waals surface area contributed by atoms with Crippen molar-refractivity contribution in [1.29, 1.82) is 0 Å². The summed E-state index contributed by atoms with van der Waals surface area (Å²) in [5.41, 5.74) is 1.36. The monoisotopic (exact) mass is 483 g/mol. The molecular weight excluding hydrogens is 461 g/mol. The minimum Gasteiger partial charge on any atom is -0.356 e. The van der Waals surface area contributed by atoms with Crippen LogP contribution in [0.25, 0.3) is 0 Å². The van der Waals surface area contributed by atoms with E-state index in [1.165, 1.54) is 5.56 Å². The lowest BCUT2D eigenvalue weighted by Gasteiger charge is -2.21. The van der Waals surface area contributed by atoms with Crippen molar-refractivity contribution in [2.24, 2.45) is 4.99 Å². The minimum absolute atomic E-state index is 0. The van der Waals surface area contributed by atoms with Crippen LogP contribution in [0.4, 0.5) is 0 Å². The average molecular weight is 484 g/mol. The highest BCUT2D eigenvalue weighted by molar-refractivity contribution is 14.0. The number of nitrogens with one attached hydrogen (secondary N) is 2. The molecular formula is C16H23ClIN3O2S. The zero-order valence-electron chi connectivity index (χ0n) is 13.6. The van der Waals surface area contributed by atoms with Crippen LogP contribution in [0, 0.1) is 0 Å². The maximum atomic E-state index is 11.5. The van der Waals surface area contributed by atoms with Gasteiger partial charge in [-0.05, 0) is 37.0 Å². The smallest absolute Gasteiger partial charge is 0.191 e. The van der Waals surface area contributed by atoms with Crippen LogP contribution in [0.15, 0.2) is 29.3 Å². The highest BCUT2D eigenvalue weighted by atomic mass is 127. The van der Waals surface area contributed by atoms with Crippen molar-refractivity contribution in [1.82, 2.24) is 10.6 Å². The molecule has 134 valence electrons. The molecule has 2 fully saturated rings. The summed E-state index contributed by atoms with van der Waals surface area (Å²) >= 11 is 6.10. The molecule has 1 aromatic carbocycles. The first-order valence-electron chi connectivity index (χ1n) is 7.86. The van der Waals surface area contributed by atoms with Crippen molar-refractivity contribution in [3.8, 4) is 0 Å². The lowest BCUT2D eigenvalue weighted by Crippen LogP contribution is -2.46. The molecule has 3 rings (SSSR count). The Bertz CT molecular complexity index is 720. The van der Waals surface area contributed by atoms with E-state index in [4.69, 9.17) is 11.6 Å². The third-order valence-corrected chi connectivity index (χ3v) is 6.68. The van der Waals surface area contributed by atoms with Crippen molar-refractivity contribution >= 4 is 51.4 Å². The van der Waals surface area contributed by atoms with Crippen LogP contribution in [-0.4, -0.2) is 45.5 Å². The normalized spacial score (nSPS) is 24.1. The number of halogens is 2. The van der Waals surface area contributed by atoms with Crippen LogP contribution in [0.3, 0.4) is 0 Å². The lowest BCUT2D eigenvalue weighted by molar-refractivity contribution is 0.597. The maximum absolute atomic E-state index is 11.5. The number of guanidine groups is 1. The van der Waals surface area contributed by atoms with Gasteiger partial charge in [0, 0.05) is 30.1 Å². The number of aliphatic imine (C=N–C) groups is 1. The summed E-state index contributed by atoms with van der Waals surface area (Å²) < 4.78 is 23.1. The van der Waals surface area contributed by atoms with Gasteiger partial charge in [-0.25, -0.2) is 8.42 Å². The molecule has 0 amide bonds. The molecule has 1 heterocycles. The van der Waals surface area contributed by atoms with Gasteiger partial charge < -0.3 is 10.6 Å². The molecule has 0 bridgehead atoms. The van der Waals surface area contributed by atoms with Gasteiger partial charge in [-0.1, -0.05) is 23.7 Å². The summed E-state index contributed by atoms with van der Waals surface area (Å²) in [4.78, 5) is 4.21. The fourth-order valence-electron chi connectivity index (χ4n) is 3.09. The van der Waals surface area contributed by atoms with Crippen LogP contribution < -0.4 is 10.6 Å². The number of nitrogens with zero attached hydrogens (tertiary/aromatic N) is 1. The zero-order valence-corrected chi connectivity index (χ0v) is 17.5. The summed E-state index contributed by atoms with van der Waals surface area (Å²) in [5, 5.41) is 7.32. The van der Waals surface area contributed by atoms with E-state index in [0.29, 0.717) is 12.4 Å². The second-order valence-electron chi connectivity index (χ2n) is 6.46. The molecule has 2 aliphatic rings. The van der Waals surface area contributed by atoms with Gasteiger partial charge in [0.15, 0.2) is 15.8 Å². The second kappa shape index (κ2) is 7.78. The maximum Gasteiger partial charge on any atom is 0.191 e. The van der Waals surface area contributed by atoms with Gasteiger partial charge in [0.25, 0.3) is 0 Å². The first-order chi connectivity index (χ1) is 10.9. The molecule has 1 atom stereocenters. The van der Waals surface area contributed by atoms with Gasteiger partial charge >= 0.3 is 0 Å². The van der Waals surface area contributed by atoms with Crippen molar-refractivity contribution in [2.45, 2.75) is 30.7 Å². The van der Waals surface area contributed by atoms with Crippen molar-refractivity contribution in [3.63, 3.8) is 0 Å². The van der Waals surface area contributed by atoms with Crippen LogP contribution in [0.2, 0.25) is 5.02 Å². The van der Waals surface area contributed by atoms with E-state index in [1.807, 2.05) is 18.2 Å². The molecule has 1 saturated heterocycles. The van der Waals surface area contributed by atoms with Crippen LogP contribution in [-0.2, 0) is 15.3 Å². The standard InChI is InChI=1S/C16H22ClN3O2S.HI/c1-18-15(20-14-5-8-23(21,22)10-14)19-11-16(6-7-16)12-3-2-4-13(17)9-12;/h2-4,9,14H,5-8,10-11H2,1H3,(H2,18,19,20);1H. The Hall–Kier alpha value is -0.540. The summed E-state index contributed by atoms with van der Waals surface area (Å²) in [6, 6.07) is 7.95. The summed E-state index contributed by atoms with van der Waals surface area (Å²) in [7, 11) is -1.18. The highest BCUT2D eigenvalue weighted by Gasteiger charge is 2.44. The summed E-state index contributed by atoms with van der Waals surface area (Å²) in [6.07, 6.45) is 2.88. The third-order valence-electron chi connectivity index (χ3n) is 4.68. The van der Waals surface area contributed by atoms with Crippen molar-refractivity contribution < 1.29 is 8.42 Å². The summed E-state index contributed by atoms with van der Waals surface area (Å²) in [5.74, 6) is 1.11. The Morgan fingerprint density at radius 1 is 1.42 bits per heavy atom. The molecule has 1 aliphatic carbocycles. The Balaban J connectivity index is 0.00000208. The lowest BCUT2D eigenvalue weighted by atomic mass is 9.96. The topological polar surface area (TPSA) is 70.6 Å². The Labute approximate surface area is 165 Å². The van der Waals surface area contributed by atoms with Gasteiger partial charge in [0.05, 0.1) is 11.5 Å². The van der Waals surface area contributed by atoms with Gasteiger partial charge in [-0.3, -0.25) is 4.99 Å². The predicted octanol–water partition coefficient (Wildman–Crippen LogP) is 2.34. The molecule has 0 radical (unpaired) electrons. The number of hydrogen-bond acceptors (Lipinski definition) is 3. The predicted molar refractivity (Wildman–Crippen MR) is 109 cm³/mol. The quantitative estimate of drug-likeness (QED) is 0.392. The highest BCUT2D eigenvalue weighted by Crippen LogP contribution is 2.48. The minimum atomic E-state index is -2.89. The molecule has 2 N–H and O–H groups in total. The molecule has 1 aromatic rings. The van der Waals surface area contributed by atoms with Gasteiger partial charge in [-0.2, -0.15) is 0 Å². The van der Waals surface area contributed by atoms with Crippen molar-refractivity contribution in [3.05, 3.63) is 34.9 Å². The largest absolute Gasteiger partial charge is 0.356 e. The number of rotatable bonds is 4. The van der Waals surface area contributed by atoms with E-state index in [0.717, 1.165) is 24.4 Å². The van der Waals surface area contributed by atoms with Crippen molar-refractivity contribution in [2.75, 3.05) is 25.1 Å². The second-order valence-corrected chi connectivity index (χ2v) is 9.13. The Morgan fingerprint density at radius 3 is 2.71 bits per heavy atom. The number of hydrogen-bond donors (Lipinski definition) is 2. The van der Waals surface area contributed by atoms with Gasteiger partial charge in [0.2, 0.25) is 0 Å². The van der Waals surface area contributed by atoms with Crippen LogP contribution >= 0.6 is 35.6 Å². The first kappa shape index (κ1) is 19.8. The first-order valence-corrected chi connectivity index (χ1v) is 10.1. The molecule has 0 aromatic heterocycles. The SMILES string of the molecule is CN=C(NCC1(c2cccc(Cl)c2)CC1)NC1CCS(=O)(=O)C1.I. The van der Waals surface area contributed by atoms with E-state index in [1.54, 1.807) is 7.05 Å². The van der Waals surface area contributed by atoms with E-state index in [9.17, 15) is 8.42 Å². The molecule has 24 heavy (non-hydrogen) atoms. The molecule has 5 nitrogen and oxygen atoms in total. The third kappa shape index (κ3) is 4.76. The summed E-state index contributed by atoms with van der Waals surface area (Å²) in [6.45, 7) is 0.770. The molecule has 8 heteroatoms. The van der Waals surface area contributed by atoms with E-state index in [2.05, 4.69) is 21.7 Å². The van der Waals surface area contributed by atoms with Crippen LogP contribution in [0.5, 0.6) is 0 Å². The number of sulfone groups is 1. The average Bonchev–Trinajstić information content (AvgIpc) is 3.22. The molecule has 0 spiro atoms.